The van der Waals surface area contributed by atoms with Crippen LogP contribution in [-0.4, -0.2) is 34.0 Å². The standard InChI is InChI=1S/C16H20N2O3/c1-10-6-11(2)8-12(7-10)13(19)9-18-14(20)16(4-3-5-16)17-15(18)21/h6-8,13,19H,3-5,9H2,1-2H3,(H,17,21). The number of imide groups is 1. The summed E-state index contributed by atoms with van der Waals surface area (Å²) in [5, 5.41) is 13.1. The summed E-state index contributed by atoms with van der Waals surface area (Å²) in [6.07, 6.45) is 1.51. The number of hydrogen-bond acceptors (Lipinski definition) is 3. The van der Waals surface area contributed by atoms with E-state index in [2.05, 4.69) is 5.32 Å². The lowest BCUT2D eigenvalue weighted by Crippen LogP contribution is -2.52. The third-order valence-corrected chi connectivity index (χ3v) is 4.44. The first-order valence-corrected chi connectivity index (χ1v) is 7.32. The molecule has 1 aromatic rings. The molecule has 5 nitrogen and oxygen atoms in total. The lowest BCUT2D eigenvalue weighted by atomic mass is 9.77. The zero-order valence-electron chi connectivity index (χ0n) is 12.3. The van der Waals surface area contributed by atoms with Crippen molar-refractivity contribution in [3.8, 4) is 0 Å². The van der Waals surface area contributed by atoms with Gasteiger partial charge in [-0.3, -0.25) is 9.69 Å². The number of hydrogen-bond donors (Lipinski definition) is 2. The number of nitrogens with one attached hydrogen (secondary N) is 1. The highest BCUT2D eigenvalue weighted by Crippen LogP contribution is 2.37. The molecule has 5 heteroatoms. The van der Waals surface area contributed by atoms with E-state index < -0.39 is 11.6 Å². The number of urea groups is 1. The van der Waals surface area contributed by atoms with Crippen molar-refractivity contribution in [2.75, 3.05) is 6.54 Å². The molecular formula is C16H20N2O3. The minimum absolute atomic E-state index is 0.00924. The Hall–Kier alpha value is -1.88. The van der Waals surface area contributed by atoms with Gasteiger partial charge in [0, 0.05) is 0 Å². The van der Waals surface area contributed by atoms with Crippen molar-refractivity contribution in [2.24, 2.45) is 0 Å². The number of carbonyl (C=O) groups excluding carboxylic acids is 2. The molecule has 1 saturated heterocycles. The number of β-amino-alcohol motifs (C(OH)–C–C–N with tert-alkyl or cyclic N) is 1. The molecule has 0 aromatic heterocycles. The highest BCUT2D eigenvalue weighted by atomic mass is 16.3. The SMILES string of the molecule is Cc1cc(C)cc(C(O)CN2C(=O)NC3(CCC3)C2=O)c1. The number of aliphatic hydroxyl groups is 1. The van der Waals surface area contributed by atoms with Gasteiger partial charge in [-0.25, -0.2) is 4.79 Å². The maximum absolute atomic E-state index is 12.4. The highest BCUT2D eigenvalue weighted by Gasteiger charge is 2.54. The summed E-state index contributed by atoms with van der Waals surface area (Å²) in [4.78, 5) is 25.5. The van der Waals surface area contributed by atoms with Crippen molar-refractivity contribution < 1.29 is 14.7 Å². The summed E-state index contributed by atoms with van der Waals surface area (Å²) < 4.78 is 0. The van der Waals surface area contributed by atoms with Crippen LogP contribution in [0.4, 0.5) is 4.79 Å². The van der Waals surface area contributed by atoms with Crippen LogP contribution >= 0.6 is 0 Å². The maximum atomic E-state index is 12.4. The van der Waals surface area contributed by atoms with Gasteiger partial charge in [0.2, 0.25) is 0 Å². The van der Waals surface area contributed by atoms with Gasteiger partial charge in [-0.15, -0.1) is 0 Å². The molecule has 2 N–H and O–H groups in total. The zero-order valence-corrected chi connectivity index (χ0v) is 12.3. The molecule has 1 aromatic carbocycles. The fraction of sp³-hybridized carbons (Fsp3) is 0.500. The molecule has 0 radical (unpaired) electrons. The topological polar surface area (TPSA) is 69.6 Å². The Morgan fingerprint density at radius 3 is 2.33 bits per heavy atom. The molecule has 1 aliphatic heterocycles. The molecule has 21 heavy (non-hydrogen) atoms. The summed E-state index contributed by atoms with van der Waals surface area (Å²) in [7, 11) is 0. The molecule has 112 valence electrons. The third kappa shape index (κ3) is 2.31. The Kier molecular flexibility index (Phi) is 3.24. The number of carbonyl (C=O) groups is 2. The minimum Gasteiger partial charge on any atom is -0.387 e. The molecule has 2 fully saturated rings. The average molecular weight is 288 g/mol. The number of amides is 3. The van der Waals surface area contributed by atoms with Crippen molar-refractivity contribution in [1.29, 1.82) is 0 Å². The molecule has 1 spiro atoms. The van der Waals surface area contributed by atoms with Gasteiger partial charge in [-0.1, -0.05) is 29.3 Å². The number of aliphatic hydroxyl groups excluding tert-OH is 1. The van der Waals surface area contributed by atoms with Crippen molar-refractivity contribution in [3.05, 3.63) is 34.9 Å². The first-order valence-electron chi connectivity index (χ1n) is 7.32. The molecule has 3 amide bonds. The van der Waals surface area contributed by atoms with Gasteiger partial charge in [-0.2, -0.15) is 0 Å². The number of nitrogens with zero attached hydrogens (tertiary/aromatic N) is 1. The molecule has 1 saturated carbocycles. The minimum atomic E-state index is -0.853. The second-order valence-corrected chi connectivity index (χ2v) is 6.22. The Balaban J connectivity index is 1.76. The van der Waals surface area contributed by atoms with Gasteiger partial charge in [-0.05, 0) is 38.7 Å². The van der Waals surface area contributed by atoms with Crippen molar-refractivity contribution in [3.63, 3.8) is 0 Å². The van der Waals surface area contributed by atoms with Gasteiger partial charge in [0.05, 0.1) is 12.6 Å². The van der Waals surface area contributed by atoms with Gasteiger partial charge in [0.1, 0.15) is 5.54 Å². The number of rotatable bonds is 3. The molecule has 0 bridgehead atoms. The lowest BCUT2D eigenvalue weighted by Gasteiger charge is -2.35. The molecule has 3 rings (SSSR count). The van der Waals surface area contributed by atoms with E-state index in [1.807, 2.05) is 32.0 Å². The molecule has 1 atom stereocenters. The fourth-order valence-electron chi connectivity index (χ4n) is 3.19. The Morgan fingerprint density at radius 2 is 1.86 bits per heavy atom. The van der Waals surface area contributed by atoms with Crippen LogP contribution in [0.5, 0.6) is 0 Å². The second kappa shape index (κ2) is 4.84. The van der Waals surface area contributed by atoms with Crippen LogP contribution in [0.15, 0.2) is 18.2 Å². The van der Waals surface area contributed by atoms with E-state index >= 15 is 0 Å². The normalized spacial score (nSPS) is 21.4. The van der Waals surface area contributed by atoms with E-state index in [0.717, 1.165) is 28.0 Å². The van der Waals surface area contributed by atoms with Crippen LogP contribution in [0, 0.1) is 13.8 Å². The summed E-state index contributed by atoms with van der Waals surface area (Å²) in [5.41, 5.74) is 2.16. The van der Waals surface area contributed by atoms with Crippen LogP contribution in [0.1, 0.15) is 42.1 Å². The maximum Gasteiger partial charge on any atom is 0.325 e. The van der Waals surface area contributed by atoms with Gasteiger partial charge >= 0.3 is 6.03 Å². The predicted molar refractivity (Wildman–Crippen MR) is 77.7 cm³/mol. The average Bonchev–Trinajstić information content (AvgIpc) is 2.61. The lowest BCUT2D eigenvalue weighted by molar-refractivity contribution is -0.135. The quantitative estimate of drug-likeness (QED) is 0.833. The Morgan fingerprint density at radius 1 is 1.24 bits per heavy atom. The monoisotopic (exact) mass is 288 g/mol. The smallest absolute Gasteiger partial charge is 0.325 e. The molecule has 1 heterocycles. The zero-order chi connectivity index (χ0) is 15.2. The summed E-state index contributed by atoms with van der Waals surface area (Å²) in [5.74, 6) is -0.192. The van der Waals surface area contributed by atoms with Gasteiger partial charge in [0.15, 0.2) is 0 Å². The molecule has 2 aliphatic rings. The van der Waals surface area contributed by atoms with Crippen molar-refractivity contribution in [2.45, 2.75) is 44.8 Å². The van der Waals surface area contributed by atoms with Crippen molar-refractivity contribution >= 4 is 11.9 Å². The number of aryl methyl sites for hydroxylation is 2. The van der Waals surface area contributed by atoms with E-state index in [1.165, 1.54) is 0 Å². The largest absolute Gasteiger partial charge is 0.387 e. The molecule has 1 aliphatic carbocycles. The van der Waals surface area contributed by atoms with Crippen LogP contribution < -0.4 is 5.32 Å². The fourth-order valence-corrected chi connectivity index (χ4v) is 3.19. The van der Waals surface area contributed by atoms with E-state index in [4.69, 9.17) is 0 Å². The first-order chi connectivity index (χ1) is 9.91. The third-order valence-electron chi connectivity index (χ3n) is 4.44. The summed E-state index contributed by atoms with van der Waals surface area (Å²) in [6.45, 7) is 3.93. The van der Waals surface area contributed by atoms with E-state index in [9.17, 15) is 14.7 Å². The van der Waals surface area contributed by atoms with E-state index in [-0.39, 0.29) is 18.5 Å². The highest BCUT2D eigenvalue weighted by molar-refractivity contribution is 6.07. The van der Waals surface area contributed by atoms with Gasteiger partial charge < -0.3 is 10.4 Å². The van der Waals surface area contributed by atoms with Crippen LogP contribution in [0.25, 0.3) is 0 Å². The summed E-state index contributed by atoms with van der Waals surface area (Å²) in [6, 6.07) is 5.40. The van der Waals surface area contributed by atoms with Crippen LogP contribution in [0.3, 0.4) is 0 Å². The Labute approximate surface area is 123 Å². The van der Waals surface area contributed by atoms with E-state index in [0.29, 0.717) is 12.8 Å². The predicted octanol–water partition coefficient (Wildman–Crippen LogP) is 1.81. The van der Waals surface area contributed by atoms with E-state index in [1.54, 1.807) is 0 Å². The Bertz CT molecular complexity index is 587. The first kappa shape index (κ1) is 14.1. The summed E-state index contributed by atoms with van der Waals surface area (Å²) >= 11 is 0. The molecule has 1 unspecified atom stereocenters. The van der Waals surface area contributed by atoms with Crippen LogP contribution in [0.2, 0.25) is 0 Å². The molecular weight excluding hydrogens is 268 g/mol. The number of benzene rings is 1. The van der Waals surface area contributed by atoms with Crippen LogP contribution in [-0.2, 0) is 4.79 Å². The van der Waals surface area contributed by atoms with Crippen molar-refractivity contribution in [1.82, 2.24) is 10.2 Å². The van der Waals surface area contributed by atoms with Gasteiger partial charge in [0.25, 0.3) is 5.91 Å². The second-order valence-electron chi connectivity index (χ2n) is 6.22.